The first-order valence-electron chi connectivity index (χ1n) is 11.3. The number of benzene rings is 2. The third-order valence-corrected chi connectivity index (χ3v) is 6.31. The number of anilines is 2. The Kier molecular flexibility index (Phi) is 6.86. The molecule has 2 amide bonds. The summed E-state index contributed by atoms with van der Waals surface area (Å²) in [4.78, 5) is 16.8. The van der Waals surface area contributed by atoms with Gasteiger partial charge in [-0.25, -0.2) is 4.79 Å². The molecule has 3 aromatic rings. The molecule has 0 saturated carbocycles. The van der Waals surface area contributed by atoms with E-state index in [2.05, 4.69) is 53.3 Å². The number of methoxy groups -OCH3 is 2. The highest BCUT2D eigenvalue weighted by atomic mass is 16.5. The van der Waals surface area contributed by atoms with Crippen molar-refractivity contribution in [3.8, 4) is 22.8 Å². The van der Waals surface area contributed by atoms with Gasteiger partial charge in [0.1, 0.15) is 11.5 Å². The Morgan fingerprint density at radius 3 is 2.24 bits per heavy atom. The predicted molar refractivity (Wildman–Crippen MR) is 134 cm³/mol. The fourth-order valence-corrected chi connectivity index (χ4v) is 4.12. The van der Waals surface area contributed by atoms with Crippen molar-refractivity contribution < 1.29 is 14.3 Å². The molecule has 0 atom stereocenters. The average molecular weight is 462 g/mol. The number of nitrogens with zero attached hydrogens (tertiary/aromatic N) is 4. The molecule has 0 radical (unpaired) electrons. The van der Waals surface area contributed by atoms with Gasteiger partial charge >= 0.3 is 6.03 Å². The van der Waals surface area contributed by atoms with E-state index in [4.69, 9.17) is 9.47 Å². The topological polar surface area (TPSA) is 79.8 Å². The van der Waals surface area contributed by atoms with E-state index >= 15 is 0 Å². The summed E-state index contributed by atoms with van der Waals surface area (Å²) in [5.41, 5.74) is 6.27. The molecule has 1 aromatic heterocycles. The molecule has 1 aliphatic rings. The molecule has 4 rings (SSSR count). The van der Waals surface area contributed by atoms with Crippen LogP contribution in [-0.2, 0) is 0 Å². The Labute approximate surface area is 200 Å². The molecule has 1 saturated heterocycles. The highest BCUT2D eigenvalue weighted by molar-refractivity contribution is 5.91. The van der Waals surface area contributed by atoms with Crippen molar-refractivity contribution in [1.29, 1.82) is 0 Å². The number of carbonyl (C=O) groups is 1. The smallest absolute Gasteiger partial charge is 0.322 e. The number of hydrogen-bond acceptors (Lipinski definition) is 6. The van der Waals surface area contributed by atoms with Crippen LogP contribution >= 0.6 is 0 Å². The maximum absolute atomic E-state index is 12.8. The summed E-state index contributed by atoms with van der Waals surface area (Å²) in [5, 5.41) is 11.9. The highest BCUT2D eigenvalue weighted by Gasteiger charge is 2.23. The van der Waals surface area contributed by atoms with E-state index in [9.17, 15) is 4.79 Å². The number of urea groups is 1. The van der Waals surface area contributed by atoms with Crippen LogP contribution in [0.4, 0.5) is 16.3 Å². The number of ether oxygens (including phenoxy) is 2. The number of nitrogens with one attached hydrogen (secondary N) is 1. The van der Waals surface area contributed by atoms with E-state index in [1.54, 1.807) is 37.3 Å². The summed E-state index contributed by atoms with van der Waals surface area (Å²) in [7, 11) is 3.16. The monoisotopic (exact) mass is 461 g/mol. The Bertz CT molecular complexity index is 1170. The fraction of sp³-hybridized carbons (Fsp3) is 0.346. The Morgan fingerprint density at radius 1 is 0.853 bits per heavy atom. The third kappa shape index (κ3) is 4.90. The van der Waals surface area contributed by atoms with Crippen molar-refractivity contribution in [3.05, 3.63) is 59.2 Å². The third-order valence-electron chi connectivity index (χ3n) is 6.31. The van der Waals surface area contributed by atoms with Crippen LogP contribution in [0.1, 0.15) is 16.7 Å². The van der Waals surface area contributed by atoms with Crippen molar-refractivity contribution in [2.45, 2.75) is 20.8 Å². The molecule has 0 unspecified atom stereocenters. The summed E-state index contributed by atoms with van der Waals surface area (Å²) < 4.78 is 10.6. The summed E-state index contributed by atoms with van der Waals surface area (Å²) in [6.07, 6.45) is 0. The van der Waals surface area contributed by atoms with Crippen molar-refractivity contribution in [1.82, 2.24) is 15.1 Å². The predicted octanol–water partition coefficient (Wildman–Crippen LogP) is 4.44. The van der Waals surface area contributed by atoms with Gasteiger partial charge < -0.3 is 24.6 Å². The molecule has 8 nitrogen and oxygen atoms in total. The zero-order chi connectivity index (χ0) is 24.2. The number of rotatable bonds is 5. The van der Waals surface area contributed by atoms with Crippen LogP contribution in [0.15, 0.2) is 42.5 Å². The van der Waals surface area contributed by atoms with Gasteiger partial charge in [0.25, 0.3) is 0 Å². The van der Waals surface area contributed by atoms with Crippen LogP contribution in [-0.4, -0.2) is 61.5 Å². The van der Waals surface area contributed by atoms with E-state index in [1.807, 2.05) is 12.1 Å². The molecule has 0 aliphatic carbocycles. The molecular formula is C26H31N5O3. The van der Waals surface area contributed by atoms with Crippen LogP contribution in [0, 0.1) is 20.8 Å². The first-order chi connectivity index (χ1) is 16.4. The van der Waals surface area contributed by atoms with Crippen LogP contribution in [0.2, 0.25) is 0 Å². The summed E-state index contributed by atoms with van der Waals surface area (Å²) in [6.45, 7) is 8.85. The van der Waals surface area contributed by atoms with E-state index in [-0.39, 0.29) is 6.03 Å². The standard InChI is InChI=1S/C26H31N5O3/c1-17-14-19(3)21(15-18(17)2)22-7-9-25(29-28-22)30-10-12-31(13-11-30)26(32)27-23-16-20(33-4)6-8-24(23)34-5/h6-9,14-16H,10-13H2,1-5H3,(H,27,32). The lowest BCUT2D eigenvalue weighted by Gasteiger charge is -2.35. The second kappa shape index (κ2) is 9.99. The normalized spacial score (nSPS) is 13.6. The van der Waals surface area contributed by atoms with Crippen molar-refractivity contribution in [2.75, 3.05) is 50.6 Å². The van der Waals surface area contributed by atoms with Crippen LogP contribution in [0.25, 0.3) is 11.3 Å². The molecule has 1 aliphatic heterocycles. The van der Waals surface area contributed by atoms with Gasteiger partial charge in [0, 0.05) is 37.8 Å². The van der Waals surface area contributed by atoms with E-state index < -0.39 is 0 Å². The molecule has 0 spiro atoms. The average Bonchev–Trinajstić information content (AvgIpc) is 2.86. The Morgan fingerprint density at radius 2 is 1.59 bits per heavy atom. The Balaban J connectivity index is 1.38. The van der Waals surface area contributed by atoms with Crippen LogP contribution in [0.5, 0.6) is 11.5 Å². The van der Waals surface area contributed by atoms with Gasteiger partial charge in [-0.1, -0.05) is 6.07 Å². The number of carbonyl (C=O) groups excluding carboxylic acids is 1. The van der Waals surface area contributed by atoms with Gasteiger partial charge in [-0.15, -0.1) is 10.2 Å². The Hall–Kier alpha value is -3.81. The fourth-order valence-electron chi connectivity index (χ4n) is 4.12. The van der Waals surface area contributed by atoms with Crippen molar-refractivity contribution in [2.24, 2.45) is 0 Å². The number of piperazine rings is 1. The lowest BCUT2D eigenvalue weighted by atomic mass is 9.99. The maximum Gasteiger partial charge on any atom is 0.322 e. The molecular weight excluding hydrogens is 430 g/mol. The number of aryl methyl sites for hydroxylation is 3. The van der Waals surface area contributed by atoms with Crippen molar-refractivity contribution >= 4 is 17.5 Å². The van der Waals surface area contributed by atoms with E-state index in [0.717, 1.165) is 17.1 Å². The lowest BCUT2D eigenvalue weighted by Crippen LogP contribution is -2.50. The molecule has 1 fully saturated rings. The number of aromatic nitrogens is 2. The molecule has 2 heterocycles. The minimum Gasteiger partial charge on any atom is -0.497 e. The second-order valence-corrected chi connectivity index (χ2v) is 8.50. The van der Waals surface area contributed by atoms with Crippen LogP contribution < -0.4 is 19.7 Å². The number of hydrogen-bond donors (Lipinski definition) is 1. The quantitative estimate of drug-likeness (QED) is 0.605. The molecule has 2 aromatic carbocycles. The van der Waals surface area contributed by atoms with Gasteiger partial charge in [-0.05, 0) is 67.8 Å². The highest BCUT2D eigenvalue weighted by Crippen LogP contribution is 2.29. The van der Waals surface area contributed by atoms with Gasteiger partial charge in [0.15, 0.2) is 5.82 Å². The molecule has 8 heteroatoms. The summed E-state index contributed by atoms with van der Waals surface area (Å²) in [5.74, 6) is 2.06. The molecule has 1 N–H and O–H groups in total. The minimum atomic E-state index is -0.169. The lowest BCUT2D eigenvalue weighted by molar-refractivity contribution is 0.208. The van der Waals surface area contributed by atoms with Gasteiger partial charge in [-0.3, -0.25) is 0 Å². The minimum absolute atomic E-state index is 0.169. The SMILES string of the molecule is COc1ccc(OC)c(NC(=O)N2CCN(c3ccc(-c4cc(C)c(C)cc4C)nn3)CC2)c1. The summed E-state index contributed by atoms with van der Waals surface area (Å²) in [6, 6.07) is 13.5. The molecule has 178 valence electrons. The summed E-state index contributed by atoms with van der Waals surface area (Å²) >= 11 is 0. The van der Waals surface area contributed by atoms with Gasteiger partial charge in [-0.2, -0.15) is 0 Å². The van der Waals surface area contributed by atoms with E-state index in [1.165, 1.54) is 16.7 Å². The van der Waals surface area contributed by atoms with Crippen LogP contribution in [0.3, 0.4) is 0 Å². The van der Waals surface area contributed by atoms with Gasteiger partial charge in [0.05, 0.1) is 25.6 Å². The zero-order valence-electron chi connectivity index (χ0n) is 20.4. The second-order valence-electron chi connectivity index (χ2n) is 8.50. The van der Waals surface area contributed by atoms with Crippen molar-refractivity contribution in [3.63, 3.8) is 0 Å². The first kappa shape index (κ1) is 23.4. The molecule has 34 heavy (non-hydrogen) atoms. The first-order valence-corrected chi connectivity index (χ1v) is 11.3. The van der Waals surface area contributed by atoms with Gasteiger partial charge in [0.2, 0.25) is 0 Å². The molecule has 0 bridgehead atoms. The largest absolute Gasteiger partial charge is 0.497 e. The number of amides is 2. The maximum atomic E-state index is 12.8. The van der Waals surface area contributed by atoms with E-state index in [0.29, 0.717) is 43.4 Å². The zero-order valence-corrected chi connectivity index (χ0v) is 20.4.